The number of nitrogens with one attached hydrogen (secondary N) is 1. The Bertz CT molecular complexity index is 780. The second-order valence-corrected chi connectivity index (χ2v) is 6.72. The molecule has 1 fully saturated rings. The molecule has 0 amide bonds. The Hall–Kier alpha value is -2.06. The Morgan fingerprint density at radius 1 is 1.21 bits per heavy atom. The van der Waals surface area contributed by atoms with Crippen LogP contribution in [0.3, 0.4) is 0 Å². The van der Waals surface area contributed by atoms with Gasteiger partial charge in [-0.1, -0.05) is 11.2 Å². The van der Waals surface area contributed by atoms with Gasteiger partial charge in [-0.2, -0.15) is 0 Å². The van der Waals surface area contributed by atoms with E-state index in [9.17, 15) is 4.79 Å². The fraction of sp³-hybridized carbons (Fsp3) is 0.500. The lowest BCUT2D eigenvalue weighted by atomic mass is 9.78. The summed E-state index contributed by atoms with van der Waals surface area (Å²) in [5.74, 6) is 0.292. The molecule has 128 valence electrons. The van der Waals surface area contributed by atoms with Gasteiger partial charge in [-0.3, -0.25) is 9.51 Å². The highest BCUT2D eigenvalue weighted by molar-refractivity contribution is 6.62. The van der Waals surface area contributed by atoms with Gasteiger partial charge in [-0.05, 0) is 52.2 Å². The van der Waals surface area contributed by atoms with Gasteiger partial charge < -0.3 is 14.0 Å². The van der Waals surface area contributed by atoms with Gasteiger partial charge in [0.25, 0.3) is 0 Å². The summed E-state index contributed by atoms with van der Waals surface area (Å²) in [5, 5.41) is 3.72. The molecule has 0 radical (unpaired) electrons. The summed E-state index contributed by atoms with van der Waals surface area (Å²) in [7, 11) is -0.486. The number of benzene rings is 1. The summed E-state index contributed by atoms with van der Waals surface area (Å²) in [6.45, 7) is 10.4. The molecule has 1 aliphatic rings. The number of aromatic amines is 1. The van der Waals surface area contributed by atoms with Gasteiger partial charge in [0, 0.05) is 0 Å². The quantitative estimate of drug-likeness (QED) is 0.858. The molecule has 2 heterocycles. The van der Waals surface area contributed by atoms with Crippen molar-refractivity contribution in [2.45, 2.75) is 45.8 Å². The number of rotatable bonds is 4. The van der Waals surface area contributed by atoms with Crippen LogP contribution in [0.4, 0.5) is 0 Å². The minimum Gasteiger partial charge on any atom is -0.493 e. The van der Waals surface area contributed by atoms with Crippen LogP contribution in [-0.2, 0) is 9.31 Å². The Morgan fingerprint density at radius 2 is 1.88 bits per heavy atom. The standard InChI is InChI=1S/C16H21BN2O5/c1-6-21-12-9-10(17-23-15(2,3)16(4,5)24-17)7-8-11(12)13-18-14(20)22-19-13/h7-9H,6H2,1-5H3,(H,18,19,20). The minimum atomic E-state index is -0.609. The van der Waals surface area contributed by atoms with Crippen LogP contribution >= 0.6 is 0 Å². The SMILES string of the molecule is CCOc1cc(B2OC(C)(C)C(C)(C)O2)ccc1-c1noc(=O)[nH]1. The number of nitrogens with zero attached hydrogens (tertiary/aromatic N) is 1. The van der Waals surface area contributed by atoms with E-state index in [1.807, 2.05) is 46.8 Å². The first kappa shape index (κ1) is 16.8. The van der Waals surface area contributed by atoms with E-state index >= 15 is 0 Å². The molecular formula is C16H21BN2O5. The number of ether oxygens (including phenoxy) is 1. The van der Waals surface area contributed by atoms with Gasteiger partial charge in [-0.25, -0.2) is 4.79 Å². The molecule has 0 spiro atoms. The summed E-state index contributed by atoms with van der Waals surface area (Å²) in [4.78, 5) is 13.7. The normalized spacial score (nSPS) is 18.8. The molecule has 1 aromatic heterocycles. The zero-order valence-corrected chi connectivity index (χ0v) is 14.5. The lowest BCUT2D eigenvalue weighted by Crippen LogP contribution is -2.41. The van der Waals surface area contributed by atoms with Gasteiger partial charge in [0.15, 0.2) is 5.82 Å². The number of hydrogen-bond acceptors (Lipinski definition) is 6. The molecule has 0 saturated carbocycles. The molecule has 7 nitrogen and oxygen atoms in total. The van der Waals surface area contributed by atoms with Crippen LogP contribution < -0.4 is 16.0 Å². The smallest absolute Gasteiger partial charge is 0.493 e. The molecule has 0 bridgehead atoms. The van der Waals surface area contributed by atoms with E-state index in [-0.39, 0.29) is 0 Å². The summed E-state index contributed by atoms with van der Waals surface area (Å²) in [6, 6.07) is 5.51. The Kier molecular flexibility index (Phi) is 4.05. The van der Waals surface area contributed by atoms with Crippen molar-refractivity contribution in [1.29, 1.82) is 0 Å². The molecule has 3 rings (SSSR count). The van der Waals surface area contributed by atoms with E-state index in [0.29, 0.717) is 23.7 Å². The van der Waals surface area contributed by atoms with E-state index in [1.165, 1.54) is 0 Å². The third-order valence-corrected chi connectivity index (χ3v) is 4.53. The molecular weight excluding hydrogens is 311 g/mol. The molecule has 24 heavy (non-hydrogen) atoms. The van der Waals surface area contributed by atoms with Crippen LogP contribution in [0.25, 0.3) is 11.4 Å². The average molecular weight is 332 g/mol. The minimum absolute atomic E-state index is 0.323. The molecule has 0 atom stereocenters. The topological polar surface area (TPSA) is 86.6 Å². The largest absolute Gasteiger partial charge is 0.494 e. The Morgan fingerprint density at radius 3 is 2.42 bits per heavy atom. The van der Waals surface area contributed by atoms with Crippen molar-refractivity contribution in [3.63, 3.8) is 0 Å². The van der Waals surface area contributed by atoms with Gasteiger partial charge >= 0.3 is 12.9 Å². The second kappa shape index (κ2) is 5.79. The first-order valence-electron chi connectivity index (χ1n) is 7.92. The predicted molar refractivity (Wildman–Crippen MR) is 89.4 cm³/mol. The van der Waals surface area contributed by atoms with E-state index in [0.717, 1.165) is 5.46 Å². The third kappa shape index (κ3) is 2.87. The highest BCUT2D eigenvalue weighted by Crippen LogP contribution is 2.37. The van der Waals surface area contributed by atoms with Gasteiger partial charge in [-0.15, -0.1) is 0 Å². The molecule has 1 aromatic carbocycles. The number of aromatic nitrogens is 2. The van der Waals surface area contributed by atoms with Crippen molar-refractivity contribution in [2.75, 3.05) is 6.61 Å². The van der Waals surface area contributed by atoms with Crippen molar-refractivity contribution < 1.29 is 18.6 Å². The van der Waals surface area contributed by atoms with Crippen LogP contribution in [0, 0.1) is 0 Å². The van der Waals surface area contributed by atoms with Crippen molar-refractivity contribution >= 4 is 12.6 Å². The van der Waals surface area contributed by atoms with E-state index in [1.54, 1.807) is 6.07 Å². The van der Waals surface area contributed by atoms with Crippen LogP contribution in [0.5, 0.6) is 5.75 Å². The molecule has 1 saturated heterocycles. The van der Waals surface area contributed by atoms with E-state index in [2.05, 4.69) is 14.7 Å². The zero-order valence-electron chi connectivity index (χ0n) is 14.5. The Labute approximate surface area is 140 Å². The molecule has 1 N–H and O–H groups in total. The van der Waals surface area contributed by atoms with Crippen LogP contribution in [0.1, 0.15) is 34.6 Å². The first-order chi connectivity index (χ1) is 11.2. The van der Waals surface area contributed by atoms with E-state index in [4.69, 9.17) is 14.0 Å². The fourth-order valence-electron chi connectivity index (χ4n) is 2.48. The lowest BCUT2D eigenvalue weighted by Gasteiger charge is -2.32. The van der Waals surface area contributed by atoms with Crippen molar-refractivity contribution in [2.24, 2.45) is 0 Å². The zero-order chi connectivity index (χ0) is 17.5. The molecule has 2 aromatic rings. The van der Waals surface area contributed by atoms with Gasteiger partial charge in [0.2, 0.25) is 0 Å². The summed E-state index contributed by atoms with van der Waals surface area (Å²) >= 11 is 0. The number of hydrogen-bond donors (Lipinski definition) is 1. The first-order valence-corrected chi connectivity index (χ1v) is 7.92. The van der Waals surface area contributed by atoms with Crippen LogP contribution in [0.15, 0.2) is 27.5 Å². The summed E-state index contributed by atoms with van der Waals surface area (Å²) < 4.78 is 22.4. The third-order valence-electron chi connectivity index (χ3n) is 4.53. The molecule has 1 aliphatic heterocycles. The maximum Gasteiger partial charge on any atom is 0.494 e. The summed E-state index contributed by atoms with van der Waals surface area (Å²) in [6.07, 6.45) is 0. The highest BCUT2D eigenvalue weighted by atomic mass is 16.7. The van der Waals surface area contributed by atoms with Crippen molar-refractivity contribution in [3.8, 4) is 17.1 Å². The second-order valence-electron chi connectivity index (χ2n) is 6.72. The van der Waals surface area contributed by atoms with E-state index < -0.39 is 24.1 Å². The average Bonchev–Trinajstić information content (AvgIpc) is 3.01. The van der Waals surface area contributed by atoms with Crippen LogP contribution in [-0.4, -0.2) is 35.1 Å². The monoisotopic (exact) mass is 332 g/mol. The van der Waals surface area contributed by atoms with Crippen molar-refractivity contribution in [1.82, 2.24) is 10.1 Å². The van der Waals surface area contributed by atoms with Gasteiger partial charge in [0.05, 0.1) is 23.4 Å². The van der Waals surface area contributed by atoms with Crippen LogP contribution in [0.2, 0.25) is 0 Å². The maximum atomic E-state index is 11.2. The molecule has 0 unspecified atom stereocenters. The van der Waals surface area contributed by atoms with Gasteiger partial charge in [0.1, 0.15) is 5.75 Å². The number of H-pyrrole nitrogens is 1. The maximum absolute atomic E-state index is 11.2. The predicted octanol–water partition coefficient (Wildman–Crippen LogP) is 1.73. The Balaban J connectivity index is 1.97. The molecule has 0 aliphatic carbocycles. The van der Waals surface area contributed by atoms with Crippen molar-refractivity contribution in [3.05, 3.63) is 28.7 Å². The fourth-order valence-corrected chi connectivity index (χ4v) is 2.48. The highest BCUT2D eigenvalue weighted by Gasteiger charge is 2.51. The molecule has 8 heteroatoms. The summed E-state index contributed by atoms with van der Waals surface area (Å²) in [5.41, 5.74) is 0.647. The lowest BCUT2D eigenvalue weighted by molar-refractivity contribution is 0.00578.